The van der Waals surface area contributed by atoms with E-state index in [-0.39, 0.29) is 5.91 Å². The standard InChI is InChI=1S/C15H22Cl2N2O/c1-3-9-19(10-4-2)15(20)7-8-18-14-11-12(16)5-6-13(14)17/h5-6,11,18H,3-4,7-10H2,1-2H3. The Morgan fingerprint density at radius 3 is 2.45 bits per heavy atom. The Balaban J connectivity index is 2.46. The summed E-state index contributed by atoms with van der Waals surface area (Å²) in [6.07, 6.45) is 2.43. The zero-order valence-electron chi connectivity index (χ0n) is 12.1. The van der Waals surface area contributed by atoms with Crippen LogP contribution in [-0.4, -0.2) is 30.4 Å². The topological polar surface area (TPSA) is 32.3 Å². The molecule has 0 bridgehead atoms. The number of hydrogen-bond donors (Lipinski definition) is 1. The molecule has 0 heterocycles. The van der Waals surface area contributed by atoms with E-state index in [2.05, 4.69) is 19.2 Å². The molecule has 0 fully saturated rings. The number of anilines is 1. The van der Waals surface area contributed by atoms with Gasteiger partial charge in [0, 0.05) is 31.1 Å². The zero-order chi connectivity index (χ0) is 15.0. The van der Waals surface area contributed by atoms with Crippen molar-refractivity contribution in [3.63, 3.8) is 0 Å². The van der Waals surface area contributed by atoms with E-state index in [1.54, 1.807) is 18.2 Å². The Morgan fingerprint density at radius 1 is 1.20 bits per heavy atom. The van der Waals surface area contributed by atoms with Gasteiger partial charge in [-0.25, -0.2) is 0 Å². The molecule has 5 heteroatoms. The highest BCUT2D eigenvalue weighted by Gasteiger charge is 2.11. The molecule has 20 heavy (non-hydrogen) atoms. The molecule has 0 aliphatic carbocycles. The van der Waals surface area contributed by atoms with Crippen molar-refractivity contribution in [1.82, 2.24) is 4.90 Å². The summed E-state index contributed by atoms with van der Waals surface area (Å²) in [6.45, 7) is 6.37. The monoisotopic (exact) mass is 316 g/mol. The lowest BCUT2D eigenvalue weighted by molar-refractivity contribution is -0.131. The highest BCUT2D eigenvalue weighted by atomic mass is 35.5. The van der Waals surface area contributed by atoms with Gasteiger partial charge in [-0.1, -0.05) is 37.0 Å². The third kappa shape index (κ3) is 5.59. The van der Waals surface area contributed by atoms with Crippen LogP contribution in [0.1, 0.15) is 33.1 Å². The summed E-state index contributed by atoms with van der Waals surface area (Å²) in [5, 5.41) is 4.40. The van der Waals surface area contributed by atoms with Crippen LogP contribution in [0.15, 0.2) is 18.2 Å². The number of carbonyl (C=O) groups excluding carboxylic acids is 1. The molecule has 0 spiro atoms. The lowest BCUT2D eigenvalue weighted by Gasteiger charge is -2.21. The first-order chi connectivity index (χ1) is 9.58. The minimum absolute atomic E-state index is 0.180. The number of halogens is 2. The van der Waals surface area contributed by atoms with Gasteiger partial charge >= 0.3 is 0 Å². The molecular weight excluding hydrogens is 295 g/mol. The molecule has 1 N–H and O–H groups in total. The summed E-state index contributed by atoms with van der Waals surface area (Å²) in [6, 6.07) is 5.25. The van der Waals surface area contributed by atoms with Gasteiger partial charge in [-0.3, -0.25) is 4.79 Å². The number of benzene rings is 1. The normalized spacial score (nSPS) is 10.4. The minimum atomic E-state index is 0.180. The van der Waals surface area contributed by atoms with Gasteiger partial charge in [0.1, 0.15) is 0 Å². The molecule has 1 aromatic rings. The molecule has 0 aliphatic heterocycles. The molecule has 3 nitrogen and oxygen atoms in total. The molecule has 0 unspecified atom stereocenters. The number of hydrogen-bond acceptors (Lipinski definition) is 2. The Hall–Kier alpha value is -0.930. The van der Waals surface area contributed by atoms with Gasteiger partial charge in [0.05, 0.1) is 10.7 Å². The van der Waals surface area contributed by atoms with Crippen LogP contribution in [0, 0.1) is 0 Å². The first-order valence-electron chi connectivity index (χ1n) is 7.05. The van der Waals surface area contributed by atoms with Crippen LogP contribution >= 0.6 is 23.2 Å². The SMILES string of the molecule is CCCN(CCC)C(=O)CCNc1cc(Cl)ccc1Cl. The minimum Gasteiger partial charge on any atom is -0.383 e. The van der Waals surface area contributed by atoms with E-state index in [0.717, 1.165) is 31.6 Å². The van der Waals surface area contributed by atoms with E-state index < -0.39 is 0 Å². The molecule has 0 aromatic heterocycles. The van der Waals surface area contributed by atoms with Crippen LogP contribution in [0.3, 0.4) is 0 Å². The van der Waals surface area contributed by atoms with Crippen molar-refractivity contribution in [2.75, 3.05) is 25.0 Å². The van der Waals surface area contributed by atoms with Crippen molar-refractivity contribution in [2.45, 2.75) is 33.1 Å². The first-order valence-corrected chi connectivity index (χ1v) is 7.80. The van der Waals surface area contributed by atoms with Crippen molar-refractivity contribution < 1.29 is 4.79 Å². The average molecular weight is 317 g/mol. The Morgan fingerprint density at radius 2 is 1.85 bits per heavy atom. The van der Waals surface area contributed by atoms with E-state index in [0.29, 0.717) is 23.0 Å². The molecule has 1 amide bonds. The van der Waals surface area contributed by atoms with Crippen LogP contribution in [0.2, 0.25) is 10.0 Å². The number of rotatable bonds is 8. The molecule has 0 aliphatic rings. The lowest BCUT2D eigenvalue weighted by Crippen LogP contribution is -2.33. The van der Waals surface area contributed by atoms with E-state index in [1.807, 2.05) is 4.90 Å². The highest BCUT2D eigenvalue weighted by molar-refractivity contribution is 6.35. The largest absolute Gasteiger partial charge is 0.383 e. The van der Waals surface area contributed by atoms with Crippen molar-refractivity contribution in [1.29, 1.82) is 0 Å². The fourth-order valence-corrected chi connectivity index (χ4v) is 2.35. The van der Waals surface area contributed by atoms with Crippen LogP contribution in [-0.2, 0) is 4.79 Å². The van der Waals surface area contributed by atoms with E-state index in [9.17, 15) is 4.79 Å². The predicted octanol–water partition coefficient (Wildman–Crippen LogP) is 4.44. The third-order valence-electron chi connectivity index (χ3n) is 2.92. The molecule has 0 atom stereocenters. The van der Waals surface area contributed by atoms with Gasteiger partial charge < -0.3 is 10.2 Å². The van der Waals surface area contributed by atoms with Gasteiger partial charge in [-0.05, 0) is 31.0 Å². The first kappa shape index (κ1) is 17.1. The van der Waals surface area contributed by atoms with Crippen molar-refractivity contribution >= 4 is 34.8 Å². The Bertz CT molecular complexity index is 432. The van der Waals surface area contributed by atoms with E-state index in [4.69, 9.17) is 23.2 Å². The molecule has 0 saturated carbocycles. The zero-order valence-corrected chi connectivity index (χ0v) is 13.6. The van der Waals surface area contributed by atoms with Crippen LogP contribution in [0.4, 0.5) is 5.69 Å². The van der Waals surface area contributed by atoms with Crippen molar-refractivity contribution in [3.05, 3.63) is 28.2 Å². The number of nitrogens with one attached hydrogen (secondary N) is 1. The number of nitrogens with zero attached hydrogens (tertiary/aromatic N) is 1. The Labute approximate surface area is 131 Å². The highest BCUT2D eigenvalue weighted by Crippen LogP contribution is 2.25. The summed E-state index contributed by atoms with van der Waals surface area (Å²) >= 11 is 12.0. The Kier molecular flexibility index (Phi) is 7.78. The second kappa shape index (κ2) is 9.09. The van der Waals surface area contributed by atoms with E-state index in [1.165, 1.54) is 0 Å². The maximum atomic E-state index is 12.1. The average Bonchev–Trinajstić information content (AvgIpc) is 2.42. The van der Waals surface area contributed by atoms with Gasteiger partial charge in [0.2, 0.25) is 5.91 Å². The number of amides is 1. The molecule has 0 saturated heterocycles. The van der Waals surface area contributed by atoms with Crippen molar-refractivity contribution in [3.8, 4) is 0 Å². The molecule has 1 aromatic carbocycles. The van der Waals surface area contributed by atoms with Gasteiger partial charge in [0.25, 0.3) is 0 Å². The number of carbonyl (C=O) groups is 1. The molecule has 0 radical (unpaired) electrons. The molecular formula is C15H22Cl2N2O. The second-order valence-electron chi connectivity index (χ2n) is 4.68. The summed E-state index contributed by atoms with van der Waals surface area (Å²) in [7, 11) is 0. The smallest absolute Gasteiger partial charge is 0.224 e. The van der Waals surface area contributed by atoms with E-state index >= 15 is 0 Å². The summed E-state index contributed by atoms with van der Waals surface area (Å²) in [4.78, 5) is 14.0. The third-order valence-corrected chi connectivity index (χ3v) is 3.49. The second-order valence-corrected chi connectivity index (χ2v) is 5.53. The van der Waals surface area contributed by atoms with Gasteiger partial charge in [-0.15, -0.1) is 0 Å². The van der Waals surface area contributed by atoms with Crippen LogP contribution in [0.5, 0.6) is 0 Å². The quantitative estimate of drug-likeness (QED) is 0.768. The maximum Gasteiger partial charge on any atom is 0.224 e. The van der Waals surface area contributed by atoms with Crippen molar-refractivity contribution in [2.24, 2.45) is 0 Å². The van der Waals surface area contributed by atoms with Gasteiger partial charge in [-0.2, -0.15) is 0 Å². The summed E-state index contributed by atoms with van der Waals surface area (Å²) < 4.78 is 0. The summed E-state index contributed by atoms with van der Waals surface area (Å²) in [5.74, 6) is 0.180. The maximum absolute atomic E-state index is 12.1. The summed E-state index contributed by atoms with van der Waals surface area (Å²) in [5.41, 5.74) is 0.768. The fraction of sp³-hybridized carbons (Fsp3) is 0.533. The lowest BCUT2D eigenvalue weighted by atomic mass is 10.2. The fourth-order valence-electron chi connectivity index (χ4n) is 2.00. The van der Waals surface area contributed by atoms with Crippen LogP contribution in [0.25, 0.3) is 0 Å². The predicted molar refractivity (Wildman–Crippen MR) is 86.7 cm³/mol. The van der Waals surface area contributed by atoms with Gasteiger partial charge in [0.15, 0.2) is 0 Å². The molecule has 1 rings (SSSR count). The van der Waals surface area contributed by atoms with Crippen LogP contribution < -0.4 is 5.32 Å². The molecule has 112 valence electrons.